The highest BCUT2D eigenvalue weighted by molar-refractivity contribution is 5.73. The lowest BCUT2D eigenvalue weighted by Crippen LogP contribution is -2.01. The van der Waals surface area contributed by atoms with Crippen LogP contribution >= 0.6 is 0 Å². The van der Waals surface area contributed by atoms with Gasteiger partial charge in [0.1, 0.15) is 0 Å². The van der Waals surface area contributed by atoms with Gasteiger partial charge in [0, 0.05) is 0 Å². The third kappa shape index (κ3) is 2.52. The fourth-order valence-electron chi connectivity index (χ4n) is 2.09. The molecule has 0 radical (unpaired) electrons. The Bertz CT molecular complexity index is 427. The van der Waals surface area contributed by atoms with Crippen molar-refractivity contribution in [2.75, 3.05) is 14.2 Å². The Balaban J connectivity index is 2.05. The number of carbonyl (C=O) groups is 1. The van der Waals surface area contributed by atoms with E-state index in [-0.39, 0.29) is 11.8 Å². The number of aliphatic carboxylic acids is 1. The van der Waals surface area contributed by atoms with Crippen molar-refractivity contribution < 1.29 is 19.4 Å². The standard InChI is InChI=1S/C13H16O4/c1-16-11-4-3-8(6-12(11)17-2)5-9-7-10(9)13(14)15/h3-4,6,9-10H,5,7H2,1-2H3,(H,14,15). The molecule has 92 valence electrons. The minimum atomic E-state index is -0.685. The Labute approximate surface area is 100 Å². The van der Waals surface area contributed by atoms with Gasteiger partial charge >= 0.3 is 5.97 Å². The molecule has 1 aromatic carbocycles. The van der Waals surface area contributed by atoms with Crippen molar-refractivity contribution in [3.63, 3.8) is 0 Å². The molecule has 0 spiro atoms. The average Bonchev–Trinajstić information content (AvgIpc) is 3.08. The van der Waals surface area contributed by atoms with Gasteiger partial charge in [-0.15, -0.1) is 0 Å². The van der Waals surface area contributed by atoms with E-state index < -0.39 is 5.97 Å². The van der Waals surface area contributed by atoms with Crippen LogP contribution in [0.4, 0.5) is 0 Å². The van der Waals surface area contributed by atoms with Crippen molar-refractivity contribution in [1.29, 1.82) is 0 Å². The summed E-state index contributed by atoms with van der Waals surface area (Å²) in [6.45, 7) is 0. The van der Waals surface area contributed by atoms with Crippen LogP contribution in [0.3, 0.4) is 0 Å². The Morgan fingerprint density at radius 3 is 2.59 bits per heavy atom. The summed E-state index contributed by atoms with van der Waals surface area (Å²) in [5, 5.41) is 8.84. The van der Waals surface area contributed by atoms with Gasteiger partial charge in [0.15, 0.2) is 11.5 Å². The van der Waals surface area contributed by atoms with Crippen LogP contribution in [0, 0.1) is 11.8 Å². The third-order valence-electron chi connectivity index (χ3n) is 3.19. The summed E-state index contributed by atoms with van der Waals surface area (Å²) in [5.41, 5.74) is 1.09. The molecule has 0 aromatic heterocycles. The number of hydrogen-bond acceptors (Lipinski definition) is 3. The van der Waals surface area contributed by atoms with Crippen molar-refractivity contribution in [3.8, 4) is 11.5 Å². The molecule has 1 fully saturated rings. The molecule has 1 saturated carbocycles. The maximum Gasteiger partial charge on any atom is 0.306 e. The van der Waals surface area contributed by atoms with Gasteiger partial charge in [-0.1, -0.05) is 6.07 Å². The van der Waals surface area contributed by atoms with Crippen LogP contribution in [0.1, 0.15) is 12.0 Å². The number of carboxylic acid groups (broad SMARTS) is 1. The quantitative estimate of drug-likeness (QED) is 0.849. The summed E-state index contributed by atoms with van der Waals surface area (Å²) < 4.78 is 10.4. The fraction of sp³-hybridized carbons (Fsp3) is 0.462. The highest BCUT2D eigenvalue weighted by atomic mass is 16.5. The van der Waals surface area contributed by atoms with Crippen LogP contribution < -0.4 is 9.47 Å². The largest absolute Gasteiger partial charge is 0.493 e. The van der Waals surface area contributed by atoms with Crippen molar-refractivity contribution in [2.45, 2.75) is 12.8 Å². The van der Waals surface area contributed by atoms with Crippen LogP contribution in [-0.4, -0.2) is 25.3 Å². The summed E-state index contributed by atoms with van der Waals surface area (Å²) >= 11 is 0. The molecular weight excluding hydrogens is 220 g/mol. The van der Waals surface area contributed by atoms with E-state index in [0.717, 1.165) is 18.4 Å². The van der Waals surface area contributed by atoms with Gasteiger partial charge in [-0.25, -0.2) is 0 Å². The number of ether oxygens (including phenoxy) is 2. The Morgan fingerprint density at radius 2 is 2.06 bits per heavy atom. The van der Waals surface area contributed by atoms with Gasteiger partial charge in [-0.2, -0.15) is 0 Å². The smallest absolute Gasteiger partial charge is 0.306 e. The van der Waals surface area contributed by atoms with E-state index in [9.17, 15) is 4.79 Å². The second-order valence-corrected chi connectivity index (χ2v) is 4.33. The lowest BCUT2D eigenvalue weighted by atomic mass is 10.1. The Morgan fingerprint density at radius 1 is 1.35 bits per heavy atom. The number of carboxylic acids is 1. The normalized spacial score (nSPS) is 22.0. The summed E-state index contributed by atoms with van der Waals surface area (Å²) in [6.07, 6.45) is 1.57. The molecule has 0 amide bonds. The molecule has 0 heterocycles. The first-order valence-corrected chi connectivity index (χ1v) is 5.59. The molecule has 2 unspecified atom stereocenters. The first-order valence-electron chi connectivity index (χ1n) is 5.59. The molecule has 4 heteroatoms. The minimum Gasteiger partial charge on any atom is -0.493 e. The van der Waals surface area contributed by atoms with Gasteiger partial charge in [-0.05, 0) is 36.5 Å². The maximum atomic E-state index is 10.7. The summed E-state index contributed by atoms with van der Waals surface area (Å²) in [4.78, 5) is 10.7. The Hall–Kier alpha value is -1.71. The van der Waals surface area contributed by atoms with E-state index >= 15 is 0 Å². The van der Waals surface area contributed by atoms with E-state index in [1.165, 1.54) is 0 Å². The molecule has 0 bridgehead atoms. The number of methoxy groups -OCH3 is 2. The highest BCUT2D eigenvalue weighted by Gasteiger charge is 2.42. The van der Waals surface area contributed by atoms with Crippen LogP contribution in [0.15, 0.2) is 18.2 Å². The van der Waals surface area contributed by atoms with Crippen LogP contribution in [0.2, 0.25) is 0 Å². The van der Waals surface area contributed by atoms with Gasteiger partial charge in [-0.3, -0.25) is 4.79 Å². The first kappa shape index (κ1) is 11.8. The maximum absolute atomic E-state index is 10.7. The highest BCUT2D eigenvalue weighted by Crippen LogP contribution is 2.42. The molecule has 1 N–H and O–H groups in total. The predicted octanol–water partition coefficient (Wildman–Crippen LogP) is 1.97. The van der Waals surface area contributed by atoms with Crippen molar-refractivity contribution in [1.82, 2.24) is 0 Å². The van der Waals surface area contributed by atoms with Gasteiger partial charge < -0.3 is 14.6 Å². The van der Waals surface area contributed by atoms with E-state index in [0.29, 0.717) is 11.5 Å². The zero-order valence-corrected chi connectivity index (χ0v) is 9.97. The third-order valence-corrected chi connectivity index (χ3v) is 3.19. The number of hydrogen-bond donors (Lipinski definition) is 1. The van der Waals surface area contributed by atoms with Gasteiger partial charge in [0.2, 0.25) is 0 Å². The predicted molar refractivity (Wildman–Crippen MR) is 62.5 cm³/mol. The van der Waals surface area contributed by atoms with E-state index in [1.807, 2.05) is 18.2 Å². The molecule has 0 saturated heterocycles. The second kappa shape index (κ2) is 4.65. The molecule has 2 rings (SSSR count). The molecular formula is C13H16O4. The summed E-state index contributed by atoms with van der Waals surface area (Å²) in [7, 11) is 3.19. The van der Waals surface area contributed by atoms with Gasteiger partial charge in [0.25, 0.3) is 0 Å². The van der Waals surface area contributed by atoms with Crippen molar-refractivity contribution in [3.05, 3.63) is 23.8 Å². The topological polar surface area (TPSA) is 55.8 Å². The summed E-state index contributed by atoms with van der Waals surface area (Å²) in [5.74, 6) is 0.809. The van der Waals surface area contributed by atoms with E-state index in [1.54, 1.807) is 14.2 Å². The lowest BCUT2D eigenvalue weighted by molar-refractivity contribution is -0.138. The van der Waals surface area contributed by atoms with Crippen molar-refractivity contribution >= 4 is 5.97 Å². The molecule has 1 aliphatic carbocycles. The van der Waals surface area contributed by atoms with E-state index in [4.69, 9.17) is 14.6 Å². The molecule has 0 aliphatic heterocycles. The number of rotatable bonds is 5. The Kier molecular flexibility index (Phi) is 3.22. The fourth-order valence-corrected chi connectivity index (χ4v) is 2.09. The SMILES string of the molecule is COc1ccc(CC2CC2C(=O)O)cc1OC. The molecule has 17 heavy (non-hydrogen) atoms. The van der Waals surface area contributed by atoms with Crippen LogP contribution in [-0.2, 0) is 11.2 Å². The monoisotopic (exact) mass is 236 g/mol. The average molecular weight is 236 g/mol. The number of benzene rings is 1. The van der Waals surface area contributed by atoms with E-state index in [2.05, 4.69) is 0 Å². The van der Waals surface area contributed by atoms with Crippen molar-refractivity contribution in [2.24, 2.45) is 11.8 Å². The van der Waals surface area contributed by atoms with Crippen LogP contribution in [0.25, 0.3) is 0 Å². The zero-order chi connectivity index (χ0) is 12.4. The van der Waals surface area contributed by atoms with Gasteiger partial charge in [0.05, 0.1) is 20.1 Å². The lowest BCUT2D eigenvalue weighted by Gasteiger charge is -2.09. The zero-order valence-electron chi connectivity index (χ0n) is 9.97. The second-order valence-electron chi connectivity index (χ2n) is 4.33. The molecule has 1 aliphatic rings. The summed E-state index contributed by atoms with van der Waals surface area (Å²) in [6, 6.07) is 5.72. The molecule has 2 atom stereocenters. The van der Waals surface area contributed by atoms with Crippen LogP contribution in [0.5, 0.6) is 11.5 Å². The molecule has 1 aromatic rings. The minimum absolute atomic E-state index is 0.164. The molecule has 4 nitrogen and oxygen atoms in total. The first-order chi connectivity index (χ1) is 8.15.